The molecule has 4 unspecified atom stereocenters. The predicted octanol–water partition coefficient (Wildman–Crippen LogP) is 0.717. The maximum atomic E-state index is 12.4. The largest absolute Gasteiger partial charge is 0.481 e. The van der Waals surface area contributed by atoms with Crippen molar-refractivity contribution in [2.45, 2.75) is 38.6 Å². The van der Waals surface area contributed by atoms with Crippen LogP contribution in [0.5, 0.6) is 0 Å². The topological polar surface area (TPSA) is 77.8 Å². The highest BCUT2D eigenvalue weighted by molar-refractivity contribution is 5.85. The van der Waals surface area contributed by atoms with Gasteiger partial charge in [0.05, 0.1) is 24.5 Å². The quantitative estimate of drug-likeness (QED) is 0.779. The Labute approximate surface area is 107 Å². The molecule has 2 rings (SSSR count). The van der Waals surface area contributed by atoms with Crippen LogP contribution in [0.25, 0.3) is 0 Å². The number of aliphatic carboxylic acids is 1. The number of aliphatic hydroxyl groups excluding tert-OH is 1. The van der Waals surface area contributed by atoms with Crippen molar-refractivity contribution in [1.82, 2.24) is 4.90 Å². The Kier molecular flexibility index (Phi) is 3.90. The van der Waals surface area contributed by atoms with Gasteiger partial charge in [-0.1, -0.05) is 6.92 Å². The molecule has 1 aliphatic heterocycles. The molecule has 5 nitrogen and oxygen atoms in total. The van der Waals surface area contributed by atoms with E-state index in [1.807, 2.05) is 6.92 Å². The lowest BCUT2D eigenvalue weighted by Crippen LogP contribution is -2.43. The molecule has 0 aromatic rings. The molecule has 1 heterocycles. The maximum Gasteiger partial charge on any atom is 0.307 e. The number of carbonyl (C=O) groups is 2. The molecule has 4 atom stereocenters. The Bertz CT molecular complexity index is 344. The zero-order valence-electron chi connectivity index (χ0n) is 10.7. The van der Waals surface area contributed by atoms with Gasteiger partial charge >= 0.3 is 5.97 Å². The van der Waals surface area contributed by atoms with Crippen LogP contribution in [0.2, 0.25) is 0 Å². The molecule has 1 saturated carbocycles. The Morgan fingerprint density at radius 2 is 1.94 bits per heavy atom. The third-order valence-electron chi connectivity index (χ3n) is 4.30. The molecule has 0 aromatic heterocycles. The molecule has 1 saturated heterocycles. The standard InChI is InChI=1S/C13H21NO4/c1-8-5-10(11(6-8)13(17)18)12(16)14-4-2-3-9(14)7-15/h8-11,15H,2-7H2,1H3,(H,17,18). The van der Waals surface area contributed by atoms with E-state index < -0.39 is 17.8 Å². The fraction of sp³-hybridized carbons (Fsp3) is 0.846. The van der Waals surface area contributed by atoms with Crippen molar-refractivity contribution in [2.75, 3.05) is 13.2 Å². The normalized spacial score (nSPS) is 36.0. The summed E-state index contributed by atoms with van der Waals surface area (Å²) in [5, 5.41) is 18.4. The Morgan fingerprint density at radius 1 is 1.28 bits per heavy atom. The smallest absolute Gasteiger partial charge is 0.307 e. The summed E-state index contributed by atoms with van der Waals surface area (Å²) in [7, 11) is 0. The van der Waals surface area contributed by atoms with E-state index in [1.54, 1.807) is 4.90 Å². The van der Waals surface area contributed by atoms with Gasteiger partial charge in [-0.25, -0.2) is 0 Å². The molecule has 2 fully saturated rings. The number of likely N-dealkylation sites (tertiary alicyclic amines) is 1. The summed E-state index contributed by atoms with van der Waals surface area (Å²) in [5.74, 6) is -1.59. The average molecular weight is 255 g/mol. The number of nitrogens with zero attached hydrogens (tertiary/aromatic N) is 1. The number of carboxylic acid groups (broad SMARTS) is 1. The van der Waals surface area contributed by atoms with Crippen LogP contribution in [0, 0.1) is 17.8 Å². The van der Waals surface area contributed by atoms with E-state index >= 15 is 0 Å². The summed E-state index contributed by atoms with van der Waals surface area (Å²) < 4.78 is 0. The van der Waals surface area contributed by atoms with Gasteiger partial charge in [-0.2, -0.15) is 0 Å². The van der Waals surface area contributed by atoms with Gasteiger partial charge in [-0.15, -0.1) is 0 Å². The van der Waals surface area contributed by atoms with Crippen molar-refractivity contribution in [3.05, 3.63) is 0 Å². The lowest BCUT2D eigenvalue weighted by atomic mass is 9.94. The second-order valence-electron chi connectivity index (χ2n) is 5.64. The van der Waals surface area contributed by atoms with Gasteiger partial charge in [0.25, 0.3) is 0 Å². The first-order valence-electron chi connectivity index (χ1n) is 6.68. The Morgan fingerprint density at radius 3 is 2.56 bits per heavy atom. The van der Waals surface area contributed by atoms with Gasteiger partial charge in [-0.3, -0.25) is 9.59 Å². The molecular formula is C13H21NO4. The van der Waals surface area contributed by atoms with E-state index in [0.29, 0.717) is 19.4 Å². The molecule has 5 heteroatoms. The molecule has 18 heavy (non-hydrogen) atoms. The van der Waals surface area contributed by atoms with E-state index in [2.05, 4.69) is 0 Å². The number of amides is 1. The van der Waals surface area contributed by atoms with Gasteiger partial charge in [-0.05, 0) is 31.6 Å². The first-order chi connectivity index (χ1) is 8.54. The predicted molar refractivity (Wildman–Crippen MR) is 64.8 cm³/mol. The van der Waals surface area contributed by atoms with Crippen LogP contribution in [-0.2, 0) is 9.59 Å². The average Bonchev–Trinajstić information content (AvgIpc) is 2.93. The summed E-state index contributed by atoms with van der Waals surface area (Å²) in [5.41, 5.74) is 0. The van der Waals surface area contributed by atoms with Gasteiger partial charge in [0.2, 0.25) is 5.91 Å². The first-order valence-corrected chi connectivity index (χ1v) is 6.68. The van der Waals surface area contributed by atoms with E-state index in [9.17, 15) is 19.8 Å². The summed E-state index contributed by atoms with van der Waals surface area (Å²) in [4.78, 5) is 25.3. The third-order valence-corrected chi connectivity index (χ3v) is 4.30. The molecule has 2 aliphatic rings. The summed E-state index contributed by atoms with van der Waals surface area (Å²) in [6.45, 7) is 2.63. The highest BCUT2D eigenvalue weighted by atomic mass is 16.4. The van der Waals surface area contributed by atoms with Crippen LogP contribution < -0.4 is 0 Å². The maximum absolute atomic E-state index is 12.4. The number of hydrogen-bond donors (Lipinski definition) is 2. The number of carboxylic acids is 1. The highest BCUT2D eigenvalue weighted by Gasteiger charge is 2.44. The fourth-order valence-electron chi connectivity index (χ4n) is 3.37. The minimum absolute atomic E-state index is 0.0221. The number of hydrogen-bond acceptors (Lipinski definition) is 3. The fourth-order valence-corrected chi connectivity index (χ4v) is 3.37. The van der Waals surface area contributed by atoms with Crippen LogP contribution in [0.4, 0.5) is 0 Å². The molecule has 0 radical (unpaired) electrons. The zero-order chi connectivity index (χ0) is 13.3. The molecule has 102 valence electrons. The molecule has 2 N–H and O–H groups in total. The van der Waals surface area contributed by atoms with Crippen molar-refractivity contribution < 1.29 is 19.8 Å². The van der Waals surface area contributed by atoms with Gasteiger partial charge < -0.3 is 15.1 Å². The van der Waals surface area contributed by atoms with Gasteiger partial charge in [0.15, 0.2) is 0 Å². The lowest BCUT2D eigenvalue weighted by Gasteiger charge is -2.27. The number of carbonyl (C=O) groups excluding carboxylic acids is 1. The molecule has 0 bridgehead atoms. The van der Waals surface area contributed by atoms with Crippen LogP contribution >= 0.6 is 0 Å². The van der Waals surface area contributed by atoms with E-state index in [4.69, 9.17) is 0 Å². The lowest BCUT2D eigenvalue weighted by molar-refractivity contribution is -0.149. The molecule has 0 spiro atoms. The van der Waals surface area contributed by atoms with Gasteiger partial charge in [0, 0.05) is 6.54 Å². The minimum Gasteiger partial charge on any atom is -0.481 e. The second kappa shape index (κ2) is 5.26. The summed E-state index contributed by atoms with van der Waals surface area (Å²) in [6.07, 6.45) is 2.97. The third kappa shape index (κ3) is 2.36. The number of aliphatic hydroxyl groups is 1. The molecule has 0 aromatic carbocycles. The zero-order valence-corrected chi connectivity index (χ0v) is 10.7. The monoisotopic (exact) mass is 255 g/mol. The molecule has 1 aliphatic carbocycles. The van der Waals surface area contributed by atoms with Crippen LogP contribution in [-0.4, -0.2) is 46.2 Å². The summed E-state index contributed by atoms with van der Waals surface area (Å²) in [6, 6.07) is -0.108. The van der Waals surface area contributed by atoms with Crippen LogP contribution in [0.3, 0.4) is 0 Å². The molecule has 1 amide bonds. The Hall–Kier alpha value is -1.10. The summed E-state index contributed by atoms with van der Waals surface area (Å²) >= 11 is 0. The number of rotatable bonds is 3. The van der Waals surface area contributed by atoms with E-state index in [0.717, 1.165) is 12.8 Å². The van der Waals surface area contributed by atoms with Crippen molar-refractivity contribution in [3.8, 4) is 0 Å². The van der Waals surface area contributed by atoms with Crippen molar-refractivity contribution >= 4 is 11.9 Å². The first kappa shape index (κ1) is 13.3. The van der Waals surface area contributed by atoms with Crippen LogP contribution in [0.1, 0.15) is 32.6 Å². The minimum atomic E-state index is -0.863. The SMILES string of the molecule is CC1CC(C(=O)O)C(C(=O)N2CCCC2CO)C1. The van der Waals surface area contributed by atoms with E-state index in [1.165, 1.54) is 0 Å². The highest BCUT2D eigenvalue weighted by Crippen LogP contribution is 2.38. The van der Waals surface area contributed by atoms with E-state index in [-0.39, 0.29) is 24.5 Å². The molecular weight excluding hydrogens is 234 g/mol. The van der Waals surface area contributed by atoms with Crippen molar-refractivity contribution in [3.63, 3.8) is 0 Å². The second-order valence-corrected chi connectivity index (χ2v) is 5.64. The Balaban J connectivity index is 2.10. The van der Waals surface area contributed by atoms with Gasteiger partial charge in [0.1, 0.15) is 0 Å². The van der Waals surface area contributed by atoms with Crippen molar-refractivity contribution in [1.29, 1.82) is 0 Å². The van der Waals surface area contributed by atoms with Crippen molar-refractivity contribution in [2.24, 2.45) is 17.8 Å². The van der Waals surface area contributed by atoms with Crippen LogP contribution in [0.15, 0.2) is 0 Å².